The highest BCUT2D eigenvalue weighted by molar-refractivity contribution is 7.89. The lowest BCUT2D eigenvalue weighted by Gasteiger charge is -2.03. The van der Waals surface area contributed by atoms with Crippen LogP contribution in [-0.4, -0.2) is 21.7 Å². The molecule has 7 heteroatoms. The number of hydrogen-bond donors (Lipinski definition) is 1. The number of halogens is 1. The van der Waals surface area contributed by atoms with E-state index in [9.17, 15) is 12.8 Å². The predicted molar refractivity (Wildman–Crippen MR) is 77.3 cm³/mol. The van der Waals surface area contributed by atoms with Crippen molar-refractivity contribution in [3.05, 3.63) is 59.9 Å². The van der Waals surface area contributed by atoms with Crippen LogP contribution in [0.5, 0.6) is 5.75 Å². The van der Waals surface area contributed by atoms with Gasteiger partial charge in [0.25, 0.3) is 10.0 Å². The summed E-state index contributed by atoms with van der Waals surface area (Å²) in [5, 5.41) is 3.68. The minimum Gasteiger partial charge on any atom is -0.497 e. The summed E-state index contributed by atoms with van der Waals surface area (Å²) in [5.41, 5.74) is 0.677. The zero-order valence-corrected chi connectivity index (χ0v) is 12.0. The molecular weight excluding hydrogens is 295 g/mol. The van der Waals surface area contributed by atoms with E-state index in [4.69, 9.17) is 4.74 Å². The summed E-state index contributed by atoms with van der Waals surface area (Å²) < 4.78 is 41.6. The van der Waals surface area contributed by atoms with Crippen molar-refractivity contribution in [1.29, 1.82) is 0 Å². The zero-order chi connectivity index (χ0) is 15.3. The Morgan fingerprint density at radius 2 is 1.90 bits per heavy atom. The number of methoxy groups -OCH3 is 1. The van der Waals surface area contributed by atoms with Gasteiger partial charge in [0.2, 0.25) is 0 Å². The number of benzene rings is 2. The Morgan fingerprint density at radius 3 is 2.57 bits per heavy atom. The van der Waals surface area contributed by atoms with Gasteiger partial charge in [-0.1, -0.05) is 12.1 Å². The fourth-order valence-corrected chi connectivity index (χ4v) is 2.35. The van der Waals surface area contributed by atoms with Crippen LogP contribution < -0.4 is 9.57 Å². The van der Waals surface area contributed by atoms with Crippen molar-refractivity contribution in [2.75, 3.05) is 7.11 Å². The van der Waals surface area contributed by atoms with Gasteiger partial charge in [-0.3, -0.25) is 0 Å². The van der Waals surface area contributed by atoms with Crippen LogP contribution in [0.4, 0.5) is 4.39 Å². The summed E-state index contributed by atoms with van der Waals surface area (Å²) in [6.07, 6.45) is 1.35. The fourth-order valence-electron chi connectivity index (χ4n) is 1.56. The third-order valence-electron chi connectivity index (χ3n) is 2.60. The van der Waals surface area contributed by atoms with Crippen molar-refractivity contribution in [3.63, 3.8) is 0 Å². The van der Waals surface area contributed by atoms with Crippen LogP contribution in [-0.2, 0) is 10.0 Å². The van der Waals surface area contributed by atoms with Gasteiger partial charge in [0.15, 0.2) is 0 Å². The molecule has 0 aliphatic heterocycles. The molecule has 2 aromatic carbocycles. The van der Waals surface area contributed by atoms with Gasteiger partial charge in [0.05, 0.1) is 18.2 Å². The molecule has 0 aromatic heterocycles. The molecular formula is C14H13FN2O3S. The molecule has 0 fully saturated rings. The summed E-state index contributed by atoms with van der Waals surface area (Å²) >= 11 is 0. The largest absolute Gasteiger partial charge is 0.497 e. The lowest BCUT2D eigenvalue weighted by molar-refractivity contribution is 0.415. The molecule has 5 nitrogen and oxygen atoms in total. The quantitative estimate of drug-likeness (QED) is 0.680. The highest BCUT2D eigenvalue weighted by atomic mass is 32.2. The van der Waals surface area contributed by atoms with Crippen molar-refractivity contribution < 1.29 is 17.5 Å². The summed E-state index contributed by atoms with van der Waals surface area (Å²) in [5.74, 6) is 0.133. The molecule has 0 saturated heterocycles. The standard InChI is InChI=1S/C14H13FN2O3S/c1-20-13-4-2-3-11(9-13)10-16-17-21(18,19)14-7-5-12(15)6-8-14/h2-10,17H,1H3/b16-10+. The first kappa shape index (κ1) is 15.0. The van der Waals surface area contributed by atoms with Gasteiger partial charge in [-0.15, -0.1) is 0 Å². The Balaban J connectivity index is 2.10. The third kappa shape index (κ3) is 4.03. The maximum Gasteiger partial charge on any atom is 0.276 e. The van der Waals surface area contributed by atoms with E-state index in [1.54, 1.807) is 24.3 Å². The monoisotopic (exact) mass is 308 g/mol. The van der Waals surface area contributed by atoms with E-state index in [1.165, 1.54) is 25.5 Å². The van der Waals surface area contributed by atoms with Crippen LogP contribution in [0, 0.1) is 5.82 Å². The average Bonchev–Trinajstić information content (AvgIpc) is 2.48. The molecule has 0 unspecified atom stereocenters. The minimum atomic E-state index is -3.81. The van der Waals surface area contributed by atoms with E-state index >= 15 is 0 Å². The van der Waals surface area contributed by atoms with Gasteiger partial charge in [0, 0.05) is 0 Å². The molecule has 110 valence electrons. The van der Waals surface area contributed by atoms with E-state index < -0.39 is 15.8 Å². The number of hydrazone groups is 1. The lowest BCUT2D eigenvalue weighted by Crippen LogP contribution is -2.18. The molecule has 0 heterocycles. The first-order valence-corrected chi connectivity index (χ1v) is 7.44. The smallest absolute Gasteiger partial charge is 0.276 e. The summed E-state index contributed by atoms with van der Waals surface area (Å²) in [4.78, 5) is 2.00. The molecule has 2 aromatic rings. The molecule has 1 N–H and O–H groups in total. The molecule has 21 heavy (non-hydrogen) atoms. The average molecular weight is 308 g/mol. The molecule has 0 aliphatic rings. The fraction of sp³-hybridized carbons (Fsp3) is 0.0714. The molecule has 0 aliphatic carbocycles. The van der Waals surface area contributed by atoms with Crippen LogP contribution in [0.3, 0.4) is 0 Å². The number of rotatable bonds is 5. The Hall–Kier alpha value is -2.41. The molecule has 0 spiro atoms. The first-order chi connectivity index (χ1) is 10.0. The Labute approximate surface area is 122 Å². The van der Waals surface area contributed by atoms with Crippen molar-refractivity contribution in [2.24, 2.45) is 5.10 Å². The van der Waals surface area contributed by atoms with E-state index in [0.29, 0.717) is 11.3 Å². The van der Waals surface area contributed by atoms with Crippen LogP contribution in [0.25, 0.3) is 0 Å². The Kier molecular flexibility index (Phi) is 4.54. The molecule has 0 atom stereocenters. The highest BCUT2D eigenvalue weighted by Crippen LogP contribution is 2.11. The van der Waals surface area contributed by atoms with Gasteiger partial charge >= 0.3 is 0 Å². The van der Waals surface area contributed by atoms with Crippen molar-refractivity contribution in [2.45, 2.75) is 4.90 Å². The molecule has 2 rings (SSSR count). The minimum absolute atomic E-state index is 0.0632. The van der Waals surface area contributed by atoms with E-state index in [-0.39, 0.29) is 4.90 Å². The van der Waals surface area contributed by atoms with Crippen molar-refractivity contribution in [1.82, 2.24) is 4.83 Å². The SMILES string of the molecule is COc1cccc(/C=N/NS(=O)(=O)c2ccc(F)cc2)c1. The lowest BCUT2D eigenvalue weighted by atomic mass is 10.2. The van der Waals surface area contributed by atoms with Crippen LogP contribution in [0.1, 0.15) is 5.56 Å². The van der Waals surface area contributed by atoms with Gasteiger partial charge < -0.3 is 4.74 Å². The molecule has 0 amide bonds. The Bertz CT molecular complexity index is 743. The highest BCUT2D eigenvalue weighted by Gasteiger charge is 2.12. The Morgan fingerprint density at radius 1 is 1.19 bits per heavy atom. The van der Waals surface area contributed by atoms with Gasteiger partial charge in [0.1, 0.15) is 11.6 Å². The van der Waals surface area contributed by atoms with E-state index in [2.05, 4.69) is 9.93 Å². The van der Waals surface area contributed by atoms with Gasteiger partial charge in [-0.2, -0.15) is 13.5 Å². The van der Waals surface area contributed by atoms with Crippen LogP contribution in [0.15, 0.2) is 58.5 Å². The van der Waals surface area contributed by atoms with Crippen molar-refractivity contribution in [3.8, 4) is 5.75 Å². The maximum atomic E-state index is 12.8. The van der Waals surface area contributed by atoms with Crippen molar-refractivity contribution >= 4 is 16.2 Å². The number of hydrogen-bond acceptors (Lipinski definition) is 4. The molecule has 0 radical (unpaired) electrons. The van der Waals surface area contributed by atoms with E-state index in [1.807, 2.05) is 0 Å². The number of sulfonamides is 1. The second-order valence-corrected chi connectivity index (χ2v) is 5.74. The predicted octanol–water partition coefficient (Wildman–Crippen LogP) is 2.15. The molecule has 0 saturated carbocycles. The molecule has 0 bridgehead atoms. The summed E-state index contributed by atoms with van der Waals surface area (Å²) in [6, 6.07) is 11.4. The number of nitrogens with one attached hydrogen (secondary N) is 1. The zero-order valence-electron chi connectivity index (χ0n) is 11.2. The van der Waals surface area contributed by atoms with Gasteiger partial charge in [-0.25, -0.2) is 9.22 Å². The normalized spacial score (nSPS) is 11.5. The van der Waals surface area contributed by atoms with Gasteiger partial charge in [-0.05, 0) is 42.0 Å². The second-order valence-electron chi connectivity index (χ2n) is 4.08. The third-order valence-corrected chi connectivity index (χ3v) is 3.84. The number of ether oxygens (including phenoxy) is 1. The first-order valence-electron chi connectivity index (χ1n) is 5.96. The van der Waals surface area contributed by atoms with E-state index in [0.717, 1.165) is 12.1 Å². The van der Waals surface area contributed by atoms with Crippen LogP contribution in [0.2, 0.25) is 0 Å². The summed E-state index contributed by atoms with van der Waals surface area (Å²) in [6.45, 7) is 0. The topological polar surface area (TPSA) is 67.8 Å². The second kappa shape index (κ2) is 6.36. The van der Waals surface area contributed by atoms with Crippen LogP contribution >= 0.6 is 0 Å². The maximum absolute atomic E-state index is 12.8. The number of nitrogens with zero attached hydrogens (tertiary/aromatic N) is 1. The summed E-state index contributed by atoms with van der Waals surface area (Å²) in [7, 11) is -2.27.